The minimum atomic E-state index is 0. The van der Waals surface area contributed by atoms with Gasteiger partial charge in [0, 0.05) is 6.92 Å². The summed E-state index contributed by atoms with van der Waals surface area (Å²) >= 11 is 0. The molecule has 12 heavy (non-hydrogen) atoms. The van der Waals surface area contributed by atoms with Crippen molar-refractivity contribution in [2.75, 3.05) is 0 Å². The van der Waals surface area contributed by atoms with Crippen LogP contribution in [0.1, 0.15) is 25.3 Å². The first kappa shape index (κ1) is 11.6. The Bertz CT molecular complexity index is 244. The smallest absolute Gasteiger partial charge is 0.254 e. The third-order valence-corrected chi connectivity index (χ3v) is 2.11. The first-order valence-corrected chi connectivity index (χ1v) is 3.95. The van der Waals surface area contributed by atoms with Gasteiger partial charge in [-0.25, -0.2) is 9.13 Å². The van der Waals surface area contributed by atoms with Gasteiger partial charge in [0.25, 0.3) is 5.82 Å². The average Bonchev–Trinajstić information content (AvgIpc) is 2.32. The van der Waals surface area contributed by atoms with Crippen LogP contribution >= 0.6 is 0 Å². The van der Waals surface area contributed by atoms with Crippen molar-refractivity contribution >= 4 is 0 Å². The van der Waals surface area contributed by atoms with Gasteiger partial charge in [0.05, 0.1) is 7.05 Å². The average molecular weight is 234 g/mol. The molecular weight excluding hydrogens is 218 g/mol. The second-order valence-corrected chi connectivity index (χ2v) is 2.84. The molecule has 1 aromatic rings. The summed E-state index contributed by atoms with van der Waals surface area (Å²) in [5, 5.41) is 0. The van der Waals surface area contributed by atoms with Crippen LogP contribution in [0, 0.1) is 6.92 Å². The van der Waals surface area contributed by atoms with Crippen LogP contribution in [0.2, 0.25) is 0 Å². The molecular formula is C8H16BrN3. The van der Waals surface area contributed by atoms with Gasteiger partial charge in [-0.3, -0.25) is 5.73 Å². The zero-order chi connectivity index (χ0) is 8.43. The molecule has 0 aliphatic carbocycles. The number of nitrogens with two attached hydrogens (primary N) is 1. The predicted octanol–water partition coefficient (Wildman–Crippen LogP) is -2.51. The Morgan fingerprint density at radius 1 is 1.67 bits per heavy atom. The van der Waals surface area contributed by atoms with E-state index in [4.69, 9.17) is 5.73 Å². The highest BCUT2D eigenvalue weighted by molar-refractivity contribution is 4.82. The molecule has 1 heterocycles. The summed E-state index contributed by atoms with van der Waals surface area (Å²) in [5.41, 5.74) is 5.86. The van der Waals surface area contributed by atoms with E-state index in [1.54, 1.807) is 0 Å². The van der Waals surface area contributed by atoms with Gasteiger partial charge in [0.1, 0.15) is 12.4 Å². The Balaban J connectivity index is 0.00000121. The summed E-state index contributed by atoms with van der Waals surface area (Å²) in [4.78, 5) is 0. The summed E-state index contributed by atoms with van der Waals surface area (Å²) in [6.45, 7) is 4.15. The lowest BCUT2D eigenvalue weighted by Crippen LogP contribution is -3.00. The summed E-state index contributed by atoms with van der Waals surface area (Å²) in [7, 11) is 2.02. The maximum Gasteiger partial charge on any atom is 0.254 e. The molecule has 0 bridgehead atoms. The zero-order valence-corrected chi connectivity index (χ0v) is 9.37. The molecule has 1 rings (SSSR count). The number of halogens is 1. The van der Waals surface area contributed by atoms with E-state index in [9.17, 15) is 0 Å². The van der Waals surface area contributed by atoms with Crippen molar-refractivity contribution in [2.45, 2.75) is 26.4 Å². The summed E-state index contributed by atoms with van der Waals surface area (Å²) in [5.74, 6) is 1.19. The van der Waals surface area contributed by atoms with Crippen LogP contribution in [0.15, 0.2) is 12.4 Å². The molecule has 0 aliphatic heterocycles. The van der Waals surface area contributed by atoms with E-state index in [1.807, 2.05) is 19.4 Å². The monoisotopic (exact) mass is 233 g/mol. The van der Waals surface area contributed by atoms with Crippen molar-refractivity contribution in [3.63, 3.8) is 0 Å². The molecule has 1 unspecified atom stereocenters. The number of aryl methyl sites for hydroxylation is 1. The molecule has 0 saturated heterocycles. The minimum absolute atomic E-state index is 0. The molecule has 1 aromatic heterocycles. The first-order valence-electron chi connectivity index (χ1n) is 3.95. The molecule has 70 valence electrons. The fraction of sp³-hybridized carbons (Fsp3) is 0.625. The highest BCUT2D eigenvalue weighted by Crippen LogP contribution is 2.04. The Labute approximate surface area is 84.0 Å². The Morgan fingerprint density at radius 3 is 2.58 bits per heavy atom. The van der Waals surface area contributed by atoms with Crippen molar-refractivity contribution in [1.29, 1.82) is 0 Å². The van der Waals surface area contributed by atoms with Crippen LogP contribution < -0.4 is 27.3 Å². The number of aromatic nitrogens is 2. The Hall–Kier alpha value is -0.350. The van der Waals surface area contributed by atoms with E-state index in [0.29, 0.717) is 0 Å². The molecule has 1 atom stereocenters. The number of hydrogen-bond acceptors (Lipinski definition) is 1. The van der Waals surface area contributed by atoms with Crippen molar-refractivity contribution in [3.05, 3.63) is 18.2 Å². The number of nitrogens with zero attached hydrogens (tertiary/aromatic N) is 2. The van der Waals surface area contributed by atoms with Gasteiger partial charge in [0.2, 0.25) is 0 Å². The third kappa shape index (κ3) is 2.08. The molecule has 3 nitrogen and oxygen atoms in total. The van der Waals surface area contributed by atoms with Gasteiger partial charge >= 0.3 is 0 Å². The van der Waals surface area contributed by atoms with E-state index < -0.39 is 0 Å². The lowest BCUT2D eigenvalue weighted by atomic mass is 10.4. The summed E-state index contributed by atoms with van der Waals surface area (Å²) in [6.07, 6.45) is 5.13. The van der Waals surface area contributed by atoms with E-state index in [-0.39, 0.29) is 23.1 Å². The molecule has 4 heteroatoms. The van der Waals surface area contributed by atoms with E-state index >= 15 is 0 Å². The third-order valence-electron chi connectivity index (χ3n) is 2.11. The highest BCUT2D eigenvalue weighted by atomic mass is 79.9. The van der Waals surface area contributed by atoms with Gasteiger partial charge in [-0.1, -0.05) is 6.92 Å². The first-order chi connectivity index (χ1) is 5.16. The van der Waals surface area contributed by atoms with Crippen LogP contribution in [0.3, 0.4) is 0 Å². The fourth-order valence-corrected chi connectivity index (χ4v) is 1.12. The normalized spacial score (nSPS) is 12.3. The van der Waals surface area contributed by atoms with Gasteiger partial charge in [-0.15, -0.1) is 0 Å². The standard InChI is InChI=1S/C8H16N3.BrH/c1-4-8(9)11-6-5-10(3)7(11)2;/h5-6,8H,4,9H2,1-3H3;1H/q+1;/p-1. The fourth-order valence-electron chi connectivity index (χ4n) is 1.12. The zero-order valence-electron chi connectivity index (χ0n) is 7.79. The van der Waals surface area contributed by atoms with Crippen molar-refractivity contribution < 1.29 is 21.5 Å². The highest BCUT2D eigenvalue weighted by Gasteiger charge is 2.13. The van der Waals surface area contributed by atoms with E-state index in [0.717, 1.165) is 6.42 Å². The quantitative estimate of drug-likeness (QED) is 0.564. The van der Waals surface area contributed by atoms with Crippen LogP contribution in [-0.2, 0) is 7.05 Å². The molecule has 0 fully saturated rings. The number of hydrogen-bond donors (Lipinski definition) is 1. The molecule has 0 aromatic carbocycles. The topological polar surface area (TPSA) is 34.8 Å². The largest absolute Gasteiger partial charge is 1.00 e. The van der Waals surface area contributed by atoms with E-state index in [1.165, 1.54) is 5.82 Å². The van der Waals surface area contributed by atoms with Crippen LogP contribution in [0.5, 0.6) is 0 Å². The maximum absolute atomic E-state index is 5.86. The lowest BCUT2D eigenvalue weighted by molar-refractivity contribution is -0.677. The number of rotatable bonds is 2. The van der Waals surface area contributed by atoms with Gasteiger partial charge < -0.3 is 17.0 Å². The summed E-state index contributed by atoms with van der Waals surface area (Å²) in [6, 6.07) is 0. The Kier molecular flexibility index (Phi) is 4.49. The van der Waals surface area contributed by atoms with Crippen LogP contribution in [-0.4, -0.2) is 4.57 Å². The lowest BCUT2D eigenvalue weighted by Gasteiger charge is -2.05. The molecule has 2 N–H and O–H groups in total. The predicted molar refractivity (Wildman–Crippen MR) is 43.9 cm³/mol. The number of imidazole rings is 1. The second kappa shape index (κ2) is 4.62. The van der Waals surface area contributed by atoms with Crippen molar-refractivity contribution in [1.82, 2.24) is 4.57 Å². The van der Waals surface area contributed by atoms with Crippen LogP contribution in [0.4, 0.5) is 0 Å². The molecule has 0 saturated carbocycles. The SMILES string of the molecule is CCC(N)n1cc[n+](C)c1C.[Br-]. The Morgan fingerprint density at radius 2 is 2.25 bits per heavy atom. The molecule has 0 aliphatic rings. The van der Waals surface area contributed by atoms with E-state index in [2.05, 4.69) is 23.0 Å². The van der Waals surface area contributed by atoms with Gasteiger partial charge in [-0.05, 0) is 6.42 Å². The molecule has 0 spiro atoms. The van der Waals surface area contributed by atoms with Crippen molar-refractivity contribution in [2.24, 2.45) is 12.8 Å². The second-order valence-electron chi connectivity index (χ2n) is 2.84. The molecule has 0 amide bonds. The molecule has 0 radical (unpaired) electrons. The summed E-state index contributed by atoms with van der Waals surface area (Å²) < 4.78 is 4.15. The maximum atomic E-state index is 5.86. The minimum Gasteiger partial charge on any atom is -1.00 e. The van der Waals surface area contributed by atoms with Gasteiger partial charge in [0.15, 0.2) is 6.17 Å². The van der Waals surface area contributed by atoms with Crippen LogP contribution in [0.25, 0.3) is 0 Å². The van der Waals surface area contributed by atoms with Crippen molar-refractivity contribution in [3.8, 4) is 0 Å². The van der Waals surface area contributed by atoms with Gasteiger partial charge in [-0.2, -0.15) is 0 Å².